The molecule has 0 bridgehead atoms. The normalized spacial score (nSPS) is 30.5. The third-order valence-electron chi connectivity index (χ3n) is 4.68. The molecule has 1 aliphatic rings. The molecule has 1 fully saturated rings. The van der Waals surface area contributed by atoms with Crippen molar-refractivity contribution in [1.82, 2.24) is 0 Å². The molecule has 7 heteroatoms. The zero-order chi connectivity index (χ0) is 17.5. The first kappa shape index (κ1) is 18.3. The van der Waals surface area contributed by atoms with Gasteiger partial charge >= 0.3 is 5.92 Å². The van der Waals surface area contributed by atoms with Gasteiger partial charge in [-0.05, 0) is 31.9 Å². The van der Waals surface area contributed by atoms with E-state index < -0.39 is 33.8 Å². The fourth-order valence-corrected chi connectivity index (χ4v) is 3.81. The maximum atomic E-state index is 14.7. The highest BCUT2D eigenvalue weighted by molar-refractivity contribution is 7.86. The van der Waals surface area contributed by atoms with Crippen LogP contribution in [0.5, 0.6) is 0 Å². The number of aryl methyl sites for hydroxylation is 1. The van der Waals surface area contributed by atoms with Crippen LogP contribution in [0.4, 0.5) is 8.78 Å². The van der Waals surface area contributed by atoms with E-state index >= 15 is 0 Å². The third kappa shape index (κ3) is 3.02. The minimum atomic E-state index is -4.33. The van der Waals surface area contributed by atoms with Crippen LogP contribution < -0.4 is 0 Å². The van der Waals surface area contributed by atoms with Gasteiger partial charge in [-0.1, -0.05) is 38.5 Å². The second-order valence-corrected chi connectivity index (χ2v) is 7.69. The summed E-state index contributed by atoms with van der Waals surface area (Å²) in [4.78, 5) is -0.166. The van der Waals surface area contributed by atoms with Gasteiger partial charge in [-0.25, -0.2) is 13.0 Å². The molecule has 4 nitrogen and oxygen atoms in total. The Labute approximate surface area is 135 Å². The van der Waals surface area contributed by atoms with Gasteiger partial charge in [-0.15, -0.1) is 0 Å². The summed E-state index contributed by atoms with van der Waals surface area (Å²) >= 11 is 0. The van der Waals surface area contributed by atoms with E-state index in [0.717, 1.165) is 5.56 Å². The first-order valence-electron chi connectivity index (χ1n) is 7.61. The highest BCUT2D eigenvalue weighted by Gasteiger charge is 2.67. The quantitative estimate of drug-likeness (QED) is 0.758. The maximum absolute atomic E-state index is 14.7. The lowest BCUT2D eigenvalue weighted by molar-refractivity contribution is -0.186. The van der Waals surface area contributed by atoms with Crippen molar-refractivity contribution in [3.05, 3.63) is 29.8 Å². The van der Waals surface area contributed by atoms with Crippen LogP contribution in [-0.2, 0) is 19.0 Å². The van der Waals surface area contributed by atoms with E-state index in [1.165, 1.54) is 19.1 Å². The van der Waals surface area contributed by atoms with Crippen LogP contribution in [0.2, 0.25) is 0 Å². The molecular formula is C16H22F2O4S. The molecule has 0 N–H and O–H groups in total. The Morgan fingerprint density at radius 1 is 1.22 bits per heavy atom. The van der Waals surface area contributed by atoms with Crippen molar-refractivity contribution in [2.45, 2.75) is 63.7 Å². The Morgan fingerprint density at radius 3 is 2.22 bits per heavy atom. The van der Waals surface area contributed by atoms with Crippen LogP contribution in [0, 0.1) is 12.3 Å². The first-order chi connectivity index (χ1) is 10.6. The maximum Gasteiger partial charge on any atom is 0.306 e. The number of ether oxygens (including phenoxy) is 1. The Bertz CT molecular complexity index is 657. The van der Waals surface area contributed by atoms with Crippen molar-refractivity contribution in [2.24, 2.45) is 5.41 Å². The highest BCUT2D eigenvalue weighted by Crippen LogP contribution is 2.54. The lowest BCUT2D eigenvalue weighted by Crippen LogP contribution is -2.45. The van der Waals surface area contributed by atoms with Gasteiger partial charge in [0.2, 0.25) is 6.29 Å². The molecule has 0 aliphatic carbocycles. The molecule has 1 aromatic rings. The minimum Gasteiger partial charge on any atom is -0.342 e. The van der Waals surface area contributed by atoms with Crippen molar-refractivity contribution < 1.29 is 26.1 Å². The van der Waals surface area contributed by atoms with Crippen molar-refractivity contribution in [1.29, 1.82) is 0 Å². The summed E-state index contributed by atoms with van der Waals surface area (Å²) in [5.74, 6) is -3.40. The molecule has 130 valence electrons. The number of hydrogen-bond donors (Lipinski definition) is 0. The van der Waals surface area contributed by atoms with Crippen molar-refractivity contribution in [3.63, 3.8) is 0 Å². The van der Waals surface area contributed by atoms with Gasteiger partial charge in [0.1, 0.15) is 0 Å². The fourth-order valence-electron chi connectivity index (χ4n) is 2.84. The number of halogens is 2. The molecule has 2 unspecified atom stereocenters. The molecule has 2 rings (SSSR count). The summed E-state index contributed by atoms with van der Waals surface area (Å²) < 4.78 is 63.9. The lowest BCUT2D eigenvalue weighted by Gasteiger charge is -2.33. The molecule has 1 aliphatic heterocycles. The zero-order valence-electron chi connectivity index (χ0n) is 13.7. The summed E-state index contributed by atoms with van der Waals surface area (Å²) in [6, 6.07) is 5.81. The zero-order valence-corrected chi connectivity index (χ0v) is 14.5. The second kappa shape index (κ2) is 6.11. The van der Waals surface area contributed by atoms with Crippen LogP contribution >= 0.6 is 0 Å². The van der Waals surface area contributed by atoms with Crippen molar-refractivity contribution in [2.75, 3.05) is 0 Å². The number of hydrogen-bond acceptors (Lipinski definition) is 4. The molecule has 0 aromatic heterocycles. The Hall–Kier alpha value is -1.05. The second-order valence-electron chi connectivity index (χ2n) is 6.12. The fraction of sp³-hybridized carbons (Fsp3) is 0.625. The molecule has 3 atom stereocenters. The van der Waals surface area contributed by atoms with E-state index in [2.05, 4.69) is 0 Å². The standard InChI is InChI=1S/C16H22F2O4S/c1-5-13-15(4,6-2)16(17,18)14(21-13)22-23(19,20)12-9-7-11(3)8-10-12/h7-10,13-14H,5-6H2,1-4H3/t13-,14?,15?/m1/s1. The highest BCUT2D eigenvalue weighted by atomic mass is 32.2. The molecule has 23 heavy (non-hydrogen) atoms. The predicted molar refractivity (Wildman–Crippen MR) is 81.7 cm³/mol. The number of benzene rings is 1. The number of rotatable bonds is 5. The van der Waals surface area contributed by atoms with E-state index in [-0.39, 0.29) is 11.3 Å². The van der Waals surface area contributed by atoms with E-state index in [0.29, 0.717) is 6.42 Å². The molecule has 0 radical (unpaired) electrons. The largest absolute Gasteiger partial charge is 0.342 e. The van der Waals surface area contributed by atoms with Gasteiger partial charge in [0.25, 0.3) is 10.1 Å². The summed E-state index contributed by atoms with van der Waals surface area (Å²) in [5, 5.41) is 0. The summed E-state index contributed by atoms with van der Waals surface area (Å²) in [5.41, 5.74) is -0.606. The molecule has 1 heterocycles. The van der Waals surface area contributed by atoms with Crippen LogP contribution in [0.25, 0.3) is 0 Å². The van der Waals surface area contributed by atoms with E-state index in [1.807, 2.05) is 0 Å². The molecule has 0 saturated carbocycles. The van der Waals surface area contributed by atoms with E-state index in [4.69, 9.17) is 8.92 Å². The van der Waals surface area contributed by atoms with Crippen LogP contribution in [-0.4, -0.2) is 26.7 Å². The van der Waals surface area contributed by atoms with Gasteiger partial charge in [0.05, 0.1) is 16.4 Å². The monoisotopic (exact) mass is 348 g/mol. The van der Waals surface area contributed by atoms with Gasteiger partial charge in [-0.3, -0.25) is 0 Å². The summed E-state index contributed by atoms with van der Waals surface area (Å²) in [7, 11) is -4.33. The van der Waals surface area contributed by atoms with E-state index in [1.54, 1.807) is 32.9 Å². The molecule has 0 spiro atoms. The average Bonchev–Trinajstić information content (AvgIpc) is 2.68. The predicted octanol–water partition coefficient (Wildman–Crippen LogP) is 3.89. The number of alkyl halides is 2. The Balaban J connectivity index is 2.31. The van der Waals surface area contributed by atoms with Crippen LogP contribution in [0.3, 0.4) is 0 Å². The summed E-state index contributed by atoms with van der Waals surface area (Å²) in [6.07, 6.45) is -2.36. The molecule has 1 aromatic carbocycles. The Kier molecular flexibility index (Phi) is 4.86. The minimum absolute atomic E-state index is 0.156. The van der Waals surface area contributed by atoms with Crippen molar-refractivity contribution >= 4 is 10.1 Å². The summed E-state index contributed by atoms with van der Waals surface area (Å²) in [6.45, 7) is 6.56. The van der Waals surface area contributed by atoms with Gasteiger partial charge < -0.3 is 4.74 Å². The smallest absolute Gasteiger partial charge is 0.306 e. The van der Waals surface area contributed by atoms with Crippen molar-refractivity contribution in [3.8, 4) is 0 Å². The SMILES string of the molecule is CC[C@H]1OC(OS(=O)(=O)c2ccc(C)cc2)C(F)(F)C1(C)CC. The average molecular weight is 348 g/mol. The molecular weight excluding hydrogens is 326 g/mol. The third-order valence-corrected chi connectivity index (χ3v) is 5.96. The van der Waals surface area contributed by atoms with Crippen LogP contribution in [0.15, 0.2) is 29.2 Å². The van der Waals surface area contributed by atoms with Gasteiger partial charge in [-0.2, -0.15) is 8.42 Å². The molecule has 0 amide bonds. The molecule has 1 saturated heterocycles. The topological polar surface area (TPSA) is 52.6 Å². The van der Waals surface area contributed by atoms with Gasteiger partial charge in [0, 0.05) is 0 Å². The van der Waals surface area contributed by atoms with Crippen LogP contribution in [0.1, 0.15) is 39.2 Å². The lowest BCUT2D eigenvalue weighted by atomic mass is 9.76. The Morgan fingerprint density at radius 2 is 1.78 bits per heavy atom. The van der Waals surface area contributed by atoms with E-state index in [9.17, 15) is 17.2 Å². The first-order valence-corrected chi connectivity index (χ1v) is 9.02. The van der Waals surface area contributed by atoms with Gasteiger partial charge in [0.15, 0.2) is 0 Å².